The average Bonchev–Trinajstić information content (AvgIpc) is 3.15. The van der Waals surface area contributed by atoms with Gasteiger partial charge in [-0.1, -0.05) is 24.6 Å². The third kappa shape index (κ3) is 6.27. The molecule has 0 atom stereocenters. The van der Waals surface area contributed by atoms with Gasteiger partial charge in [0.25, 0.3) is 17.7 Å². The van der Waals surface area contributed by atoms with E-state index < -0.39 is 23.7 Å². The summed E-state index contributed by atoms with van der Waals surface area (Å²) in [5.74, 6) is -1.52. The molecule has 0 unspecified atom stereocenters. The first kappa shape index (κ1) is 27.4. The molecule has 0 aliphatic carbocycles. The number of amides is 3. The highest BCUT2D eigenvalue weighted by atomic mass is 35.5. The third-order valence-electron chi connectivity index (χ3n) is 5.64. The number of hydrogen-bond donors (Lipinski definition) is 2. The van der Waals surface area contributed by atoms with E-state index in [-0.39, 0.29) is 10.7 Å². The van der Waals surface area contributed by atoms with Crippen molar-refractivity contribution in [3.63, 3.8) is 0 Å². The van der Waals surface area contributed by atoms with Crippen LogP contribution in [0.3, 0.4) is 0 Å². The van der Waals surface area contributed by atoms with Gasteiger partial charge in [-0.15, -0.1) is 0 Å². The maximum absolute atomic E-state index is 13.1. The Kier molecular flexibility index (Phi) is 8.63. The molecule has 39 heavy (non-hydrogen) atoms. The van der Waals surface area contributed by atoms with Gasteiger partial charge in [-0.3, -0.25) is 14.4 Å². The summed E-state index contributed by atoms with van der Waals surface area (Å²) in [6, 6.07) is 19.2. The van der Waals surface area contributed by atoms with E-state index in [2.05, 4.69) is 10.6 Å². The molecule has 200 valence electrons. The molecule has 0 aromatic heterocycles. The Morgan fingerprint density at radius 3 is 2.26 bits per heavy atom. The van der Waals surface area contributed by atoms with Gasteiger partial charge in [-0.25, -0.2) is 9.69 Å². The summed E-state index contributed by atoms with van der Waals surface area (Å²) in [7, 11) is 0. The van der Waals surface area contributed by atoms with Crippen LogP contribution < -0.4 is 20.3 Å². The maximum Gasteiger partial charge on any atom is 0.338 e. The van der Waals surface area contributed by atoms with Gasteiger partial charge in [0.2, 0.25) is 0 Å². The van der Waals surface area contributed by atoms with Crippen molar-refractivity contribution in [2.45, 2.75) is 20.3 Å². The molecule has 0 spiro atoms. The normalized spacial score (nSPS) is 12.9. The lowest BCUT2D eigenvalue weighted by Crippen LogP contribution is -2.32. The molecule has 1 heterocycles. The van der Waals surface area contributed by atoms with Gasteiger partial charge < -0.3 is 20.1 Å². The lowest BCUT2D eigenvalue weighted by molar-refractivity contribution is -0.120. The minimum Gasteiger partial charge on any atom is -0.494 e. The number of rotatable bonds is 10. The summed E-state index contributed by atoms with van der Waals surface area (Å²) in [6.07, 6.45) is 0.725. The molecule has 3 aromatic rings. The maximum atomic E-state index is 13.1. The van der Waals surface area contributed by atoms with Crippen LogP contribution in [0.25, 0.3) is 0 Å². The highest BCUT2D eigenvalue weighted by Gasteiger charge is 2.39. The predicted molar refractivity (Wildman–Crippen MR) is 148 cm³/mol. The SMILES string of the molecule is CCCOC(=O)c1ccc(NC(=O)c2cccc(NC3=C(Cl)C(=O)N(c4ccc(OCC)cc4)C3=O)c2)cc1. The molecule has 3 aromatic carbocycles. The van der Waals surface area contributed by atoms with E-state index >= 15 is 0 Å². The largest absolute Gasteiger partial charge is 0.494 e. The van der Waals surface area contributed by atoms with Crippen molar-refractivity contribution in [3.8, 4) is 5.75 Å². The highest BCUT2D eigenvalue weighted by Crippen LogP contribution is 2.31. The smallest absolute Gasteiger partial charge is 0.338 e. The zero-order valence-electron chi connectivity index (χ0n) is 21.3. The van der Waals surface area contributed by atoms with Crippen molar-refractivity contribution in [2.75, 3.05) is 28.7 Å². The highest BCUT2D eigenvalue weighted by molar-refractivity contribution is 6.53. The molecule has 0 fully saturated rings. The number of ether oxygens (including phenoxy) is 2. The number of carbonyl (C=O) groups excluding carboxylic acids is 4. The minimum atomic E-state index is -0.663. The fraction of sp³-hybridized carbons (Fsp3) is 0.172. The van der Waals surface area contributed by atoms with Crippen molar-refractivity contribution in [2.24, 2.45) is 0 Å². The van der Waals surface area contributed by atoms with Crippen LogP contribution >= 0.6 is 11.6 Å². The average molecular weight is 548 g/mol. The number of imide groups is 1. The molecular formula is C29H26ClN3O6. The van der Waals surface area contributed by atoms with E-state index in [1.807, 2.05) is 13.8 Å². The quantitative estimate of drug-likeness (QED) is 0.260. The number of nitrogens with zero attached hydrogens (tertiary/aromatic N) is 1. The van der Waals surface area contributed by atoms with E-state index in [0.717, 1.165) is 11.3 Å². The molecule has 1 aliphatic rings. The Labute approximate surface area is 230 Å². The molecule has 4 rings (SSSR count). The summed E-state index contributed by atoms with van der Waals surface area (Å²) < 4.78 is 10.5. The zero-order chi connectivity index (χ0) is 27.9. The van der Waals surface area contributed by atoms with E-state index in [0.29, 0.717) is 47.2 Å². The van der Waals surface area contributed by atoms with E-state index in [9.17, 15) is 19.2 Å². The van der Waals surface area contributed by atoms with Gasteiger partial charge in [0.15, 0.2) is 0 Å². The van der Waals surface area contributed by atoms with Gasteiger partial charge >= 0.3 is 5.97 Å². The van der Waals surface area contributed by atoms with Crippen LogP contribution in [-0.2, 0) is 14.3 Å². The number of nitrogens with one attached hydrogen (secondary N) is 2. The van der Waals surface area contributed by atoms with Crippen molar-refractivity contribution in [1.82, 2.24) is 0 Å². The number of benzene rings is 3. The molecule has 2 N–H and O–H groups in total. The molecule has 0 saturated carbocycles. The first-order valence-electron chi connectivity index (χ1n) is 12.3. The summed E-state index contributed by atoms with van der Waals surface area (Å²) in [5.41, 5.74) is 1.80. The summed E-state index contributed by atoms with van der Waals surface area (Å²) >= 11 is 6.24. The minimum absolute atomic E-state index is 0.0985. The molecule has 0 radical (unpaired) electrons. The predicted octanol–water partition coefficient (Wildman–Crippen LogP) is 5.34. The Bertz CT molecular complexity index is 1430. The molecule has 0 saturated heterocycles. The molecular weight excluding hydrogens is 522 g/mol. The van der Waals surface area contributed by atoms with Gasteiger partial charge in [-0.05, 0) is 80.1 Å². The van der Waals surface area contributed by atoms with E-state index in [1.165, 1.54) is 6.07 Å². The van der Waals surface area contributed by atoms with Crippen LogP contribution in [-0.4, -0.2) is 36.9 Å². The molecule has 0 bridgehead atoms. The number of carbonyl (C=O) groups is 4. The summed E-state index contributed by atoms with van der Waals surface area (Å²) in [6.45, 7) is 4.59. The van der Waals surface area contributed by atoms with Gasteiger partial charge in [0.05, 0.1) is 24.5 Å². The second kappa shape index (κ2) is 12.3. The van der Waals surface area contributed by atoms with Crippen LogP contribution in [0.15, 0.2) is 83.5 Å². The van der Waals surface area contributed by atoms with E-state index in [1.54, 1.807) is 66.7 Å². The van der Waals surface area contributed by atoms with Crippen LogP contribution in [0.1, 0.15) is 41.0 Å². The first-order chi connectivity index (χ1) is 18.8. The number of halogens is 1. The monoisotopic (exact) mass is 547 g/mol. The lowest BCUT2D eigenvalue weighted by Gasteiger charge is -2.16. The number of hydrogen-bond acceptors (Lipinski definition) is 7. The number of anilines is 3. The van der Waals surface area contributed by atoms with Crippen LogP contribution in [0.2, 0.25) is 0 Å². The van der Waals surface area contributed by atoms with E-state index in [4.69, 9.17) is 21.1 Å². The van der Waals surface area contributed by atoms with Crippen molar-refractivity contribution in [1.29, 1.82) is 0 Å². The Balaban J connectivity index is 1.44. The van der Waals surface area contributed by atoms with Crippen LogP contribution in [0.4, 0.5) is 17.1 Å². The van der Waals surface area contributed by atoms with Crippen molar-refractivity contribution < 1.29 is 28.7 Å². The Morgan fingerprint density at radius 1 is 0.872 bits per heavy atom. The molecule has 1 aliphatic heterocycles. The fourth-order valence-corrected chi connectivity index (χ4v) is 3.97. The third-order valence-corrected chi connectivity index (χ3v) is 5.99. The zero-order valence-corrected chi connectivity index (χ0v) is 22.1. The van der Waals surface area contributed by atoms with Gasteiger partial charge in [0, 0.05) is 16.9 Å². The van der Waals surface area contributed by atoms with Crippen LogP contribution in [0, 0.1) is 0 Å². The summed E-state index contributed by atoms with van der Waals surface area (Å²) in [5, 5.41) is 5.37. The lowest BCUT2D eigenvalue weighted by atomic mass is 10.1. The topological polar surface area (TPSA) is 114 Å². The second-order valence-electron chi connectivity index (χ2n) is 8.43. The Hall–Kier alpha value is -4.63. The van der Waals surface area contributed by atoms with Gasteiger partial charge in [-0.2, -0.15) is 0 Å². The fourth-order valence-electron chi connectivity index (χ4n) is 3.76. The van der Waals surface area contributed by atoms with Crippen molar-refractivity contribution >= 4 is 52.4 Å². The first-order valence-corrected chi connectivity index (χ1v) is 12.7. The Morgan fingerprint density at radius 2 is 1.59 bits per heavy atom. The van der Waals surface area contributed by atoms with Crippen LogP contribution in [0.5, 0.6) is 5.75 Å². The molecule has 10 heteroatoms. The van der Waals surface area contributed by atoms with Gasteiger partial charge in [0.1, 0.15) is 16.5 Å². The number of esters is 1. The molecule has 3 amide bonds. The summed E-state index contributed by atoms with van der Waals surface area (Å²) in [4.78, 5) is 51.6. The standard InChI is InChI=1S/C29H26ClN3O6/c1-3-16-39-29(37)18-8-10-20(11-9-18)32-26(34)19-6-5-7-21(17-19)31-25-24(30)27(35)33(28(25)36)22-12-14-23(15-13-22)38-4-2/h5-15,17,31H,3-4,16H2,1-2H3,(H,32,34). The molecule has 9 nitrogen and oxygen atoms in total. The van der Waals surface area contributed by atoms with Crippen molar-refractivity contribution in [3.05, 3.63) is 94.7 Å². The second-order valence-corrected chi connectivity index (χ2v) is 8.81.